The Morgan fingerprint density at radius 2 is 1.67 bits per heavy atom. The lowest BCUT2D eigenvalue weighted by atomic mass is 10.0. The second kappa shape index (κ2) is 5.79. The number of anilines is 1. The molecule has 0 aliphatic carbocycles. The maximum Gasteiger partial charge on any atom is 0.0640 e. The minimum Gasteiger partial charge on any atom is -0.377 e. The van der Waals surface area contributed by atoms with Gasteiger partial charge in [-0.3, -0.25) is 0 Å². The highest BCUT2D eigenvalue weighted by Gasteiger charge is 2.08. The normalized spacial score (nSPS) is 12.3. The van der Waals surface area contributed by atoms with Crippen molar-refractivity contribution in [1.82, 2.24) is 0 Å². The van der Waals surface area contributed by atoms with Crippen molar-refractivity contribution >= 4 is 28.1 Å². The van der Waals surface area contributed by atoms with Gasteiger partial charge in [0.1, 0.15) is 0 Å². The summed E-state index contributed by atoms with van der Waals surface area (Å²) in [6, 6.07) is 21.3. The number of fused-ring (bicyclic) bond motifs is 1. The van der Waals surface area contributed by atoms with Gasteiger partial charge in [-0.15, -0.1) is 0 Å². The van der Waals surface area contributed by atoms with E-state index in [9.17, 15) is 0 Å². The van der Waals surface area contributed by atoms with Crippen molar-refractivity contribution in [3.8, 4) is 0 Å². The summed E-state index contributed by atoms with van der Waals surface area (Å²) >= 11 is 6.29. The van der Waals surface area contributed by atoms with Gasteiger partial charge in [-0.2, -0.15) is 0 Å². The van der Waals surface area contributed by atoms with Crippen LogP contribution >= 0.6 is 11.6 Å². The molecule has 1 nitrogen and oxygen atoms in total. The van der Waals surface area contributed by atoms with Crippen LogP contribution in [0.5, 0.6) is 0 Å². The molecule has 1 unspecified atom stereocenters. The highest BCUT2D eigenvalue weighted by molar-refractivity contribution is 6.33. The van der Waals surface area contributed by atoms with Crippen LogP contribution in [0.15, 0.2) is 60.7 Å². The predicted octanol–water partition coefficient (Wildman–Crippen LogP) is 5.97. The Bertz CT molecular complexity index is 779. The van der Waals surface area contributed by atoms with E-state index >= 15 is 0 Å². The molecule has 0 heterocycles. The third kappa shape index (κ3) is 3.03. The first-order valence-corrected chi connectivity index (χ1v) is 7.53. The summed E-state index contributed by atoms with van der Waals surface area (Å²) in [5.41, 5.74) is 3.40. The number of hydrogen-bond acceptors (Lipinski definition) is 1. The Hall–Kier alpha value is -1.99. The molecule has 0 aliphatic heterocycles. The molecule has 0 fully saturated rings. The Morgan fingerprint density at radius 1 is 0.905 bits per heavy atom. The van der Waals surface area contributed by atoms with Crippen LogP contribution in [-0.2, 0) is 0 Å². The van der Waals surface area contributed by atoms with Gasteiger partial charge in [0.05, 0.1) is 10.7 Å². The van der Waals surface area contributed by atoms with Gasteiger partial charge in [-0.05, 0) is 53.9 Å². The maximum absolute atomic E-state index is 6.29. The first-order valence-electron chi connectivity index (χ1n) is 7.15. The summed E-state index contributed by atoms with van der Waals surface area (Å²) < 4.78 is 0. The zero-order chi connectivity index (χ0) is 14.8. The first-order chi connectivity index (χ1) is 10.1. The summed E-state index contributed by atoms with van der Waals surface area (Å²) in [5, 5.41) is 6.78. The second-order valence-electron chi connectivity index (χ2n) is 5.46. The lowest BCUT2D eigenvalue weighted by Gasteiger charge is -2.17. The molecule has 1 N–H and O–H groups in total. The zero-order valence-corrected chi connectivity index (χ0v) is 13.0. The van der Waals surface area contributed by atoms with E-state index in [4.69, 9.17) is 11.6 Å². The van der Waals surface area contributed by atoms with Crippen LogP contribution in [0.1, 0.15) is 24.1 Å². The molecule has 0 aromatic heterocycles. The summed E-state index contributed by atoms with van der Waals surface area (Å²) in [4.78, 5) is 0. The van der Waals surface area contributed by atoms with Gasteiger partial charge in [-0.25, -0.2) is 0 Å². The summed E-state index contributed by atoms with van der Waals surface area (Å²) in [7, 11) is 0. The molecule has 0 aliphatic rings. The first kappa shape index (κ1) is 14.0. The number of benzene rings is 3. The van der Waals surface area contributed by atoms with Crippen LogP contribution in [0.3, 0.4) is 0 Å². The van der Waals surface area contributed by atoms with Crippen molar-refractivity contribution in [1.29, 1.82) is 0 Å². The van der Waals surface area contributed by atoms with Gasteiger partial charge in [-0.1, -0.05) is 54.1 Å². The highest BCUT2D eigenvalue weighted by atomic mass is 35.5. The van der Waals surface area contributed by atoms with Gasteiger partial charge in [0.25, 0.3) is 0 Å². The smallest absolute Gasteiger partial charge is 0.0640 e. The van der Waals surface area contributed by atoms with Crippen LogP contribution in [0.2, 0.25) is 5.02 Å². The fourth-order valence-corrected chi connectivity index (χ4v) is 2.82. The number of aryl methyl sites for hydroxylation is 1. The fourth-order valence-electron chi connectivity index (χ4n) is 2.53. The van der Waals surface area contributed by atoms with Gasteiger partial charge < -0.3 is 5.32 Å². The monoisotopic (exact) mass is 295 g/mol. The molecule has 1 atom stereocenters. The van der Waals surface area contributed by atoms with Crippen LogP contribution in [0.4, 0.5) is 5.69 Å². The number of nitrogens with one attached hydrogen (secondary N) is 1. The minimum absolute atomic E-state index is 0.204. The Kier molecular flexibility index (Phi) is 3.85. The third-order valence-corrected chi connectivity index (χ3v) is 4.08. The average Bonchev–Trinajstić information content (AvgIpc) is 2.49. The van der Waals surface area contributed by atoms with Gasteiger partial charge >= 0.3 is 0 Å². The van der Waals surface area contributed by atoms with Crippen LogP contribution in [0.25, 0.3) is 10.8 Å². The molecule has 0 saturated carbocycles. The lowest BCUT2D eigenvalue weighted by Crippen LogP contribution is -2.07. The van der Waals surface area contributed by atoms with Gasteiger partial charge in [0.2, 0.25) is 0 Å². The van der Waals surface area contributed by atoms with Crippen LogP contribution < -0.4 is 5.32 Å². The molecular weight excluding hydrogens is 278 g/mol. The van der Waals surface area contributed by atoms with E-state index in [1.165, 1.54) is 21.9 Å². The van der Waals surface area contributed by atoms with Gasteiger partial charge in [0, 0.05) is 6.04 Å². The summed E-state index contributed by atoms with van der Waals surface area (Å²) in [5.74, 6) is 0. The molecule has 3 aromatic carbocycles. The molecule has 2 heteroatoms. The van der Waals surface area contributed by atoms with E-state index < -0.39 is 0 Å². The number of rotatable bonds is 3. The fraction of sp³-hybridized carbons (Fsp3) is 0.158. The molecule has 3 rings (SSSR count). The molecule has 0 saturated heterocycles. The van der Waals surface area contributed by atoms with Crippen molar-refractivity contribution in [3.05, 3.63) is 76.8 Å². The Morgan fingerprint density at radius 3 is 2.43 bits per heavy atom. The molecule has 0 radical (unpaired) electrons. The summed E-state index contributed by atoms with van der Waals surface area (Å²) in [6.07, 6.45) is 0. The van der Waals surface area contributed by atoms with Crippen molar-refractivity contribution in [3.63, 3.8) is 0 Å². The van der Waals surface area contributed by atoms with Crippen LogP contribution in [0, 0.1) is 6.92 Å². The molecule has 0 amide bonds. The van der Waals surface area contributed by atoms with E-state index in [2.05, 4.69) is 60.8 Å². The van der Waals surface area contributed by atoms with Crippen LogP contribution in [-0.4, -0.2) is 0 Å². The average molecular weight is 296 g/mol. The molecule has 0 bridgehead atoms. The van der Waals surface area contributed by atoms with Crippen molar-refractivity contribution in [2.45, 2.75) is 19.9 Å². The zero-order valence-electron chi connectivity index (χ0n) is 12.2. The van der Waals surface area contributed by atoms with Crippen molar-refractivity contribution in [2.24, 2.45) is 0 Å². The summed E-state index contributed by atoms with van der Waals surface area (Å²) in [6.45, 7) is 4.20. The van der Waals surface area contributed by atoms with Gasteiger partial charge in [0.15, 0.2) is 0 Å². The minimum atomic E-state index is 0.204. The maximum atomic E-state index is 6.29. The number of halogens is 1. The topological polar surface area (TPSA) is 12.0 Å². The lowest BCUT2D eigenvalue weighted by molar-refractivity contribution is 0.887. The molecule has 0 spiro atoms. The van der Waals surface area contributed by atoms with E-state index in [1.54, 1.807) is 0 Å². The Labute approximate surface area is 130 Å². The standard InChI is InChI=1S/C19H18ClN/c1-13-7-10-19(18(20)11-13)21-14(2)16-9-8-15-5-3-4-6-17(15)12-16/h3-12,14,21H,1-2H3. The highest BCUT2D eigenvalue weighted by Crippen LogP contribution is 2.28. The van der Waals surface area contributed by atoms with E-state index in [0.717, 1.165) is 10.7 Å². The van der Waals surface area contributed by atoms with E-state index in [0.29, 0.717) is 0 Å². The van der Waals surface area contributed by atoms with Crippen molar-refractivity contribution < 1.29 is 0 Å². The quantitative estimate of drug-likeness (QED) is 0.627. The number of hydrogen-bond donors (Lipinski definition) is 1. The van der Waals surface area contributed by atoms with E-state index in [-0.39, 0.29) is 6.04 Å². The van der Waals surface area contributed by atoms with Crippen molar-refractivity contribution in [2.75, 3.05) is 5.32 Å². The second-order valence-corrected chi connectivity index (χ2v) is 5.86. The molecular formula is C19H18ClN. The van der Waals surface area contributed by atoms with E-state index in [1.807, 2.05) is 19.1 Å². The molecule has 106 valence electrons. The largest absolute Gasteiger partial charge is 0.377 e. The Balaban J connectivity index is 1.87. The third-order valence-electron chi connectivity index (χ3n) is 3.77. The molecule has 21 heavy (non-hydrogen) atoms. The SMILES string of the molecule is Cc1ccc(NC(C)c2ccc3ccccc3c2)c(Cl)c1. The molecule has 3 aromatic rings. The predicted molar refractivity (Wildman–Crippen MR) is 92.2 cm³/mol.